The molecular weight excluding hydrogens is 242 g/mol. The lowest BCUT2D eigenvalue weighted by molar-refractivity contribution is 0.184. The number of rotatable bonds is 5. The Morgan fingerprint density at radius 2 is 2.00 bits per heavy atom. The molecule has 2 rings (SSSR count). The lowest BCUT2D eigenvalue weighted by Gasteiger charge is -2.08. The van der Waals surface area contributed by atoms with Crippen LogP contribution in [0.4, 0.5) is 5.82 Å². The van der Waals surface area contributed by atoms with Crippen molar-refractivity contribution in [1.29, 1.82) is 0 Å². The van der Waals surface area contributed by atoms with E-state index in [4.69, 9.17) is 15.2 Å². The quantitative estimate of drug-likeness (QED) is 0.890. The molecule has 0 bridgehead atoms. The van der Waals surface area contributed by atoms with Crippen LogP contribution in [0.2, 0.25) is 0 Å². The van der Waals surface area contributed by atoms with E-state index in [1.165, 1.54) is 0 Å². The fraction of sp³-hybridized carbons (Fsp3) is 0.286. The van der Waals surface area contributed by atoms with Crippen molar-refractivity contribution >= 4 is 5.82 Å². The van der Waals surface area contributed by atoms with E-state index >= 15 is 0 Å². The van der Waals surface area contributed by atoms with Gasteiger partial charge in [-0.05, 0) is 24.6 Å². The summed E-state index contributed by atoms with van der Waals surface area (Å²) in [5, 5.41) is 0. The molecule has 1 aromatic heterocycles. The monoisotopic (exact) mass is 259 g/mol. The van der Waals surface area contributed by atoms with Crippen LogP contribution in [0, 0.1) is 6.92 Å². The normalized spacial score (nSPS) is 10.4. The summed E-state index contributed by atoms with van der Waals surface area (Å²) in [7, 11) is 1.66. The second-order valence-corrected chi connectivity index (χ2v) is 4.22. The van der Waals surface area contributed by atoms with Crippen LogP contribution in [-0.4, -0.2) is 17.1 Å². The van der Waals surface area contributed by atoms with E-state index in [0.29, 0.717) is 24.9 Å². The van der Waals surface area contributed by atoms with E-state index in [1.807, 2.05) is 31.2 Å². The summed E-state index contributed by atoms with van der Waals surface area (Å²) in [4.78, 5) is 8.39. The molecule has 0 saturated carbocycles. The minimum absolute atomic E-state index is 0.294. The predicted octanol–water partition coefficient (Wildman–Crippen LogP) is 2.09. The Morgan fingerprint density at radius 1 is 1.16 bits per heavy atom. The van der Waals surface area contributed by atoms with Crippen molar-refractivity contribution in [3.63, 3.8) is 0 Å². The Balaban J connectivity index is 2.03. The zero-order valence-electron chi connectivity index (χ0n) is 11.1. The van der Waals surface area contributed by atoms with E-state index in [0.717, 1.165) is 17.0 Å². The van der Waals surface area contributed by atoms with Crippen LogP contribution in [-0.2, 0) is 18.0 Å². The molecule has 1 heterocycles. The summed E-state index contributed by atoms with van der Waals surface area (Å²) in [6.45, 7) is 2.73. The molecule has 0 atom stereocenters. The third-order valence-corrected chi connectivity index (χ3v) is 2.50. The molecule has 1 aromatic carbocycles. The number of aryl methyl sites for hydroxylation is 1. The number of nitrogens with two attached hydrogens (primary N) is 1. The number of hydrogen-bond acceptors (Lipinski definition) is 5. The molecule has 5 nitrogen and oxygen atoms in total. The van der Waals surface area contributed by atoms with Gasteiger partial charge in [-0.15, -0.1) is 0 Å². The van der Waals surface area contributed by atoms with Crippen molar-refractivity contribution in [3.8, 4) is 5.75 Å². The molecule has 0 saturated heterocycles. The van der Waals surface area contributed by atoms with Crippen LogP contribution < -0.4 is 10.5 Å². The highest BCUT2D eigenvalue weighted by molar-refractivity contribution is 5.30. The van der Waals surface area contributed by atoms with E-state index in [9.17, 15) is 0 Å². The number of aromatic nitrogens is 2. The van der Waals surface area contributed by atoms with Crippen LogP contribution in [0.15, 0.2) is 30.3 Å². The number of nitrogens with zero attached hydrogens (tertiary/aromatic N) is 2. The molecule has 2 aromatic rings. The largest absolute Gasteiger partial charge is 0.486 e. The molecule has 0 aliphatic rings. The minimum atomic E-state index is 0.294. The van der Waals surface area contributed by atoms with Crippen molar-refractivity contribution in [1.82, 2.24) is 9.97 Å². The number of ether oxygens (including phenoxy) is 2. The van der Waals surface area contributed by atoms with Crippen molar-refractivity contribution < 1.29 is 9.47 Å². The molecule has 0 amide bonds. The minimum Gasteiger partial charge on any atom is -0.486 e. The van der Waals surface area contributed by atoms with Crippen LogP contribution in [0.5, 0.6) is 5.75 Å². The van der Waals surface area contributed by atoms with Gasteiger partial charge < -0.3 is 15.2 Å². The second-order valence-electron chi connectivity index (χ2n) is 4.22. The van der Waals surface area contributed by atoms with Crippen LogP contribution in [0.3, 0.4) is 0 Å². The van der Waals surface area contributed by atoms with Crippen LogP contribution >= 0.6 is 0 Å². The Bertz CT molecular complexity index is 538. The summed E-state index contributed by atoms with van der Waals surface area (Å²) in [6.07, 6.45) is 0. The van der Waals surface area contributed by atoms with Gasteiger partial charge in [0.2, 0.25) is 0 Å². The summed E-state index contributed by atoms with van der Waals surface area (Å²) >= 11 is 0. The highest BCUT2D eigenvalue weighted by Crippen LogP contribution is 2.15. The molecule has 0 aliphatic carbocycles. The van der Waals surface area contributed by atoms with Gasteiger partial charge in [0.1, 0.15) is 18.2 Å². The molecule has 19 heavy (non-hydrogen) atoms. The van der Waals surface area contributed by atoms with Crippen molar-refractivity contribution in [2.45, 2.75) is 20.1 Å². The lowest BCUT2D eigenvalue weighted by Crippen LogP contribution is -2.05. The Hall–Kier alpha value is -2.14. The third kappa shape index (κ3) is 3.93. The number of methoxy groups -OCH3 is 1. The molecular formula is C14H17N3O2. The summed E-state index contributed by atoms with van der Waals surface area (Å²) in [5.41, 5.74) is 7.56. The van der Waals surface area contributed by atoms with Gasteiger partial charge in [-0.3, -0.25) is 0 Å². The maximum atomic E-state index is 5.67. The highest BCUT2D eigenvalue weighted by atomic mass is 16.5. The maximum Gasteiger partial charge on any atom is 0.168 e. The van der Waals surface area contributed by atoms with Gasteiger partial charge in [-0.25, -0.2) is 9.97 Å². The molecule has 2 N–H and O–H groups in total. The molecule has 0 radical (unpaired) electrons. The highest BCUT2D eigenvalue weighted by Gasteiger charge is 2.02. The first-order chi connectivity index (χ1) is 9.17. The topological polar surface area (TPSA) is 70.3 Å². The van der Waals surface area contributed by atoms with Crippen LogP contribution in [0.25, 0.3) is 0 Å². The first-order valence-electron chi connectivity index (χ1n) is 5.98. The lowest BCUT2D eigenvalue weighted by atomic mass is 10.2. The number of benzene rings is 1. The Labute approximate surface area is 112 Å². The standard InChI is InChI=1S/C14H17N3O2/c1-10-6-13(15)17-14(16-10)9-19-12-5-3-4-11(7-12)8-18-2/h3-7H,8-9H2,1-2H3,(H2,15,16,17). The molecule has 100 valence electrons. The number of hydrogen-bond donors (Lipinski definition) is 1. The summed E-state index contributed by atoms with van der Waals surface area (Å²) < 4.78 is 10.7. The first-order valence-corrected chi connectivity index (χ1v) is 5.98. The molecule has 0 fully saturated rings. The van der Waals surface area contributed by atoms with Crippen molar-refractivity contribution in [2.24, 2.45) is 0 Å². The Kier molecular flexibility index (Phi) is 4.30. The van der Waals surface area contributed by atoms with E-state index < -0.39 is 0 Å². The van der Waals surface area contributed by atoms with E-state index in [2.05, 4.69) is 9.97 Å². The SMILES string of the molecule is COCc1cccc(OCc2nc(C)cc(N)n2)c1. The third-order valence-electron chi connectivity index (χ3n) is 2.50. The summed E-state index contributed by atoms with van der Waals surface area (Å²) in [6, 6.07) is 9.45. The van der Waals surface area contributed by atoms with Crippen LogP contribution in [0.1, 0.15) is 17.1 Å². The van der Waals surface area contributed by atoms with Gasteiger partial charge in [0.25, 0.3) is 0 Å². The molecule has 0 spiro atoms. The fourth-order valence-electron chi connectivity index (χ4n) is 1.76. The zero-order valence-corrected chi connectivity index (χ0v) is 11.1. The second kappa shape index (κ2) is 6.15. The predicted molar refractivity (Wildman–Crippen MR) is 72.7 cm³/mol. The molecule has 5 heteroatoms. The van der Waals surface area contributed by atoms with Gasteiger partial charge in [-0.1, -0.05) is 12.1 Å². The van der Waals surface area contributed by atoms with Crippen molar-refractivity contribution in [2.75, 3.05) is 12.8 Å². The van der Waals surface area contributed by atoms with Gasteiger partial charge in [-0.2, -0.15) is 0 Å². The zero-order chi connectivity index (χ0) is 13.7. The molecule has 0 unspecified atom stereocenters. The summed E-state index contributed by atoms with van der Waals surface area (Å²) in [5.74, 6) is 1.80. The van der Waals surface area contributed by atoms with Gasteiger partial charge in [0.15, 0.2) is 5.82 Å². The Morgan fingerprint density at radius 3 is 2.74 bits per heavy atom. The first kappa shape index (κ1) is 13.3. The fourth-order valence-corrected chi connectivity index (χ4v) is 1.76. The number of nitrogen functional groups attached to an aromatic ring is 1. The number of anilines is 1. The maximum absolute atomic E-state index is 5.67. The van der Waals surface area contributed by atoms with Crippen molar-refractivity contribution in [3.05, 3.63) is 47.4 Å². The van der Waals surface area contributed by atoms with E-state index in [1.54, 1.807) is 13.2 Å². The average Bonchev–Trinajstić information content (AvgIpc) is 2.36. The average molecular weight is 259 g/mol. The van der Waals surface area contributed by atoms with E-state index in [-0.39, 0.29) is 0 Å². The molecule has 0 aliphatic heterocycles. The van der Waals surface area contributed by atoms with Gasteiger partial charge >= 0.3 is 0 Å². The van der Waals surface area contributed by atoms with Gasteiger partial charge in [0, 0.05) is 18.9 Å². The van der Waals surface area contributed by atoms with Gasteiger partial charge in [0.05, 0.1) is 6.61 Å². The smallest absolute Gasteiger partial charge is 0.168 e.